The average Bonchev–Trinajstić information content (AvgIpc) is 3.48. The number of carbonyl (C=O) groups is 1. The predicted octanol–water partition coefficient (Wildman–Crippen LogP) is 10.3. The fraction of sp³-hybridized carbons (Fsp3) is 0.865. The highest BCUT2D eigenvalue weighted by molar-refractivity contribution is 6.74. The van der Waals surface area contributed by atoms with Gasteiger partial charge in [0.15, 0.2) is 0 Å². The molecule has 0 radical (unpaired) electrons. The summed E-state index contributed by atoms with van der Waals surface area (Å²) in [5.74, 6) is 5.86. The van der Waals surface area contributed by atoms with Crippen LogP contribution < -0.4 is 0 Å². The number of fused-ring (bicyclic) bond motifs is 6. The number of ketones is 1. The molecule has 2 saturated carbocycles. The van der Waals surface area contributed by atoms with Crippen molar-refractivity contribution < 1.29 is 18.4 Å². The highest BCUT2D eigenvalue weighted by atomic mass is 28.4. The maximum atomic E-state index is 14.9. The minimum absolute atomic E-state index is 0.0195. The maximum Gasteiger partial charge on any atom is 0.250 e. The molecule has 6 heteroatoms. The molecular weight excluding hydrogens is 565 g/mol. The number of ether oxygens (including phenoxy) is 1. The Hall–Kier alpha value is -0.856. The second-order valence-corrected chi connectivity index (χ2v) is 28.2. The average molecular weight is 629 g/mol. The molecule has 1 heterocycles. The van der Waals surface area contributed by atoms with Crippen LogP contribution in [0.3, 0.4) is 0 Å². The van der Waals surface area contributed by atoms with E-state index in [0.717, 1.165) is 38.5 Å². The van der Waals surface area contributed by atoms with Crippen LogP contribution in [0.1, 0.15) is 108 Å². The van der Waals surface area contributed by atoms with E-state index in [1.807, 2.05) is 0 Å². The van der Waals surface area contributed by atoms with Crippen LogP contribution in [-0.2, 0) is 18.4 Å². The second kappa shape index (κ2) is 11.1. The molecule has 3 fully saturated rings. The van der Waals surface area contributed by atoms with Gasteiger partial charge in [-0.15, -0.1) is 0 Å². The Morgan fingerprint density at radius 2 is 1.00 bits per heavy atom. The molecule has 1 saturated heterocycles. The molecule has 0 aromatic heterocycles. The molecule has 5 rings (SSSR count). The largest absolute Gasteiger partial charge is 0.546 e. The van der Waals surface area contributed by atoms with Gasteiger partial charge in [-0.05, 0) is 109 Å². The summed E-state index contributed by atoms with van der Waals surface area (Å²) in [4.78, 5) is 14.9. The van der Waals surface area contributed by atoms with Gasteiger partial charge in [0.25, 0.3) is 0 Å². The van der Waals surface area contributed by atoms with Crippen LogP contribution in [0.25, 0.3) is 0 Å². The van der Waals surface area contributed by atoms with E-state index in [4.69, 9.17) is 13.6 Å². The van der Waals surface area contributed by atoms with Gasteiger partial charge in [0.1, 0.15) is 5.78 Å². The normalized spacial score (nSPS) is 35.3. The topological polar surface area (TPSA) is 44.8 Å². The molecular formula is C37H64O4Si2. The summed E-state index contributed by atoms with van der Waals surface area (Å²) in [6, 6.07) is 0. The van der Waals surface area contributed by atoms with Crippen LogP contribution in [0.15, 0.2) is 22.7 Å². The number of allylic oxidation sites excluding steroid dienone is 2. The summed E-state index contributed by atoms with van der Waals surface area (Å²) in [6.45, 7) is 32.8. The molecule has 0 aromatic rings. The smallest absolute Gasteiger partial charge is 0.250 e. The van der Waals surface area contributed by atoms with Gasteiger partial charge in [-0.25, -0.2) is 0 Å². The molecule has 2 unspecified atom stereocenters. The molecule has 0 bridgehead atoms. The lowest BCUT2D eigenvalue weighted by atomic mass is 9.64. The predicted molar refractivity (Wildman–Crippen MR) is 183 cm³/mol. The van der Waals surface area contributed by atoms with E-state index in [-0.39, 0.29) is 46.0 Å². The van der Waals surface area contributed by atoms with Crippen LogP contribution in [0, 0.1) is 47.3 Å². The lowest BCUT2D eigenvalue weighted by Crippen LogP contribution is -2.56. The Kier molecular flexibility index (Phi) is 8.68. The molecule has 0 N–H and O–H groups in total. The van der Waals surface area contributed by atoms with Gasteiger partial charge < -0.3 is 13.6 Å². The van der Waals surface area contributed by atoms with Crippen molar-refractivity contribution in [3.63, 3.8) is 0 Å². The van der Waals surface area contributed by atoms with Crippen LogP contribution in [0.4, 0.5) is 0 Å². The van der Waals surface area contributed by atoms with Crippen molar-refractivity contribution >= 4 is 22.4 Å². The third-order valence-corrected chi connectivity index (χ3v) is 22.1. The molecule has 0 spiro atoms. The first-order chi connectivity index (χ1) is 19.6. The lowest BCUT2D eigenvalue weighted by molar-refractivity contribution is -0.171. The quantitative estimate of drug-likeness (QED) is 0.275. The minimum Gasteiger partial charge on any atom is -0.546 e. The fourth-order valence-corrected chi connectivity index (χ4v) is 10.6. The zero-order valence-electron chi connectivity index (χ0n) is 30.1. The van der Waals surface area contributed by atoms with Crippen LogP contribution >= 0.6 is 0 Å². The Morgan fingerprint density at radius 3 is 1.30 bits per heavy atom. The molecule has 0 aromatic carbocycles. The first-order valence-corrected chi connectivity index (χ1v) is 23.5. The molecule has 244 valence electrons. The summed E-state index contributed by atoms with van der Waals surface area (Å²) in [6.07, 6.45) is 5.75. The Labute approximate surface area is 266 Å². The van der Waals surface area contributed by atoms with Crippen LogP contribution in [0.2, 0.25) is 36.3 Å². The minimum atomic E-state index is -2.02. The van der Waals surface area contributed by atoms with Gasteiger partial charge in [-0.3, -0.25) is 4.79 Å². The lowest BCUT2D eigenvalue weighted by Gasteiger charge is -2.51. The van der Waals surface area contributed by atoms with Gasteiger partial charge in [0.05, 0.1) is 35.6 Å². The molecule has 0 amide bonds. The summed E-state index contributed by atoms with van der Waals surface area (Å²) in [5, 5.41) is 0.264. The van der Waals surface area contributed by atoms with E-state index in [9.17, 15) is 4.79 Å². The van der Waals surface area contributed by atoms with Gasteiger partial charge in [-0.1, -0.05) is 69.2 Å². The Balaban J connectivity index is 1.52. The third-order valence-electron chi connectivity index (χ3n) is 13.4. The number of carbonyl (C=O) groups excluding carboxylic acids is 1. The van der Waals surface area contributed by atoms with Crippen molar-refractivity contribution in [3.8, 4) is 0 Å². The van der Waals surface area contributed by atoms with Gasteiger partial charge >= 0.3 is 0 Å². The monoisotopic (exact) mass is 628 g/mol. The van der Waals surface area contributed by atoms with E-state index in [2.05, 4.69) is 95.4 Å². The van der Waals surface area contributed by atoms with Crippen LogP contribution in [-0.4, -0.2) is 34.6 Å². The molecule has 4 aliphatic carbocycles. The summed E-state index contributed by atoms with van der Waals surface area (Å²) in [7, 11) is -4.05. The number of Topliss-reactive ketones (excluding diaryl/α,β-unsaturated/α-hetero) is 1. The first-order valence-electron chi connectivity index (χ1n) is 17.6. The highest BCUT2D eigenvalue weighted by Crippen LogP contribution is 2.59. The Bertz CT molecular complexity index is 1080. The van der Waals surface area contributed by atoms with E-state index in [1.54, 1.807) is 0 Å². The van der Waals surface area contributed by atoms with Crippen molar-refractivity contribution in [2.75, 3.05) is 0 Å². The molecule has 8 atom stereocenters. The van der Waals surface area contributed by atoms with Crippen LogP contribution in [0.5, 0.6) is 0 Å². The van der Waals surface area contributed by atoms with Crippen molar-refractivity contribution in [1.29, 1.82) is 0 Å². The number of hydrogen-bond acceptors (Lipinski definition) is 4. The fourth-order valence-electron chi connectivity index (χ4n) is 8.37. The van der Waals surface area contributed by atoms with Crippen molar-refractivity contribution in [3.05, 3.63) is 22.7 Å². The first kappa shape index (κ1) is 33.5. The molecule has 1 aliphatic heterocycles. The van der Waals surface area contributed by atoms with E-state index in [1.165, 1.54) is 22.7 Å². The molecule has 5 aliphatic rings. The summed E-state index contributed by atoms with van der Waals surface area (Å²) >= 11 is 0. The second-order valence-electron chi connectivity index (χ2n) is 18.8. The number of rotatable bonds is 6. The molecule has 43 heavy (non-hydrogen) atoms. The van der Waals surface area contributed by atoms with Gasteiger partial charge in [0, 0.05) is 12.8 Å². The summed E-state index contributed by atoms with van der Waals surface area (Å²) in [5.41, 5.74) is 2.94. The van der Waals surface area contributed by atoms with Gasteiger partial charge in [-0.2, -0.15) is 0 Å². The van der Waals surface area contributed by atoms with E-state index in [0.29, 0.717) is 29.5 Å². The standard InChI is InChI=1S/C37H64O4Si2/c1-21(2)23-15-25-27(17-23)33-31(19-29(25)40-42(11,12)36(5,6)7)39-32-20-30(41-43(13,14)37(8,9)10)26-16-24(22(3)4)18-28(26)34(32)35(33)38/h21-24,27-28,31-34H,15-20H2,1-14H3/t23?,24?,27-,28-,31+,32+,33-,34-/m1/s1. The van der Waals surface area contributed by atoms with Gasteiger partial charge in [0.2, 0.25) is 16.6 Å². The van der Waals surface area contributed by atoms with Crippen molar-refractivity contribution in [2.24, 2.45) is 47.3 Å². The third kappa shape index (κ3) is 5.93. The maximum absolute atomic E-state index is 14.9. The number of hydrogen-bond donors (Lipinski definition) is 0. The zero-order chi connectivity index (χ0) is 32.0. The Morgan fingerprint density at radius 1 is 0.651 bits per heavy atom. The molecule has 4 nitrogen and oxygen atoms in total. The zero-order valence-corrected chi connectivity index (χ0v) is 32.1. The van der Waals surface area contributed by atoms with E-state index >= 15 is 0 Å². The SMILES string of the molecule is CC(C)C1CC2=C(O[Si](C)(C)C(C)(C)C)C[C@@H]3O[C@H]4CC(O[Si](C)(C)C(C)(C)C)=C5CC(C(C)C)C[C@H]5[C@H]4C(=O)[C@@H]3[C@@H]2C1. The highest BCUT2D eigenvalue weighted by Gasteiger charge is 2.59. The van der Waals surface area contributed by atoms with E-state index < -0.39 is 16.6 Å². The van der Waals surface area contributed by atoms with Crippen molar-refractivity contribution in [1.82, 2.24) is 0 Å². The van der Waals surface area contributed by atoms with Crippen molar-refractivity contribution in [2.45, 2.75) is 156 Å². The summed E-state index contributed by atoms with van der Waals surface area (Å²) < 4.78 is 21.5.